The SMILES string of the molecule is N[C@@H](CCC(=O)N[C@@H](CSc1c(O)cc(Cl)c(O)c1Cl)C(=O)NCC(=O)O)C(=O)O. The van der Waals surface area contributed by atoms with E-state index < -0.39 is 48.1 Å². The molecule has 0 radical (unpaired) electrons. The summed E-state index contributed by atoms with van der Waals surface area (Å²) in [5.41, 5.74) is 5.33. The number of carboxylic acid groups (broad SMARTS) is 2. The van der Waals surface area contributed by atoms with Crippen LogP contribution in [0.5, 0.6) is 11.5 Å². The van der Waals surface area contributed by atoms with Crippen LogP contribution in [0.2, 0.25) is 10.0 Å². The van der Waals surface area contributed by atoms with E-state index in [-0.39, 0.29) is 39.3 Å². The van der Waals surface area contributed by atoms with E-state index in [9.17, 15) is 29.4 Å². The van der Waals surface area contributed by atoms with Gasteiger partial charge in [-0.15, -0.1) is 11.8 Å². The molecule has 0 spiro atoms. The minimum absolute atomic E-state index is 0.0169. The second-order valence-electron chi connectivity index (χ2n) is 5.90. The zero-order chi connectivity index (χ0) is 23.0. The highest BCUT2D eigenvalue weighted by molar-refractivity contribution is 7.99. The molecule has 0 saturated heterocycles. The average Bonchev–Trinajstić information content (AvgIpc) is 2.67. The zero-order valence-electron chi connectivity index (χ0n) is 15.2. The first kappa shape index (κ1) is 25.6. The standard InChI is InChI=1S/C16H19Cl2N3O8S/c17-6-3-9(22)14(12(18)13(6)26)30-5-8(15(27)20-4-11(24)25)21-10(23)2-1-7(19)16(28)29/h3,7-8,22,26H,1-2,4-5,19H2,(H,20,27)(H,21,23)(H,24,25)(H,28,29)/t7-,8-/m0/s1. The number of nitrogens with two attached hydrogens (primary N) is 1. The van der Waals surface area contributed by atoms with Crippen molar-refractivity contribution in [1.29, 1.82) is 0 Å². The van der Waals surface area contributed by atoms with Gasteiger partial charge in [0.15, 0.2) is 5.75 Å². The predicted molar refractivity (Wildman–Crippen MR) is 108 cm³/mol. The molecule has 8 N–H and O–H groups in total. The van der Waals surface area contributed by atoms with Gasteiger partial charge in [-0.05, 0) is 6.42 Å². The lowest BCUT2D eigenvalue weighted by Crippen LogP contribution is -2.49. The number of benzene rings is 1. The van der Waals surface area contributed by atoms with Gasteiger partial charge in [0, 0.05) is 18.2 Å². The van der Waals surface area contributed by atoms with E-state index in [2.05, 4.69) is 10.6 Å². The molecule has 166 valence electrons. The van der Waals surface area contributed by atoms with Gasteiger partial charge in [0.1, 0.15) is 29.4 Å². The highest BCUT2D eigenvalue weighted by Crippen LogP contribution is 2.44. The number of phenolic OH excluding ortho intramolecular Hbond substituents is 2. The molecule has 0 bridgehead atoms. The van der Waals surface area contributed by atoms with E-state index in [0.29, 0.717) is 0 Å². The summed E-state index contributed by atoms with van der Waals surface area (Å²) in [7, 11) is 0. The van der Waals surface area contributed by atoms with E-state index in [1.807, 2.05) is 0 Å². The molecule has 11 nitrogen and oxygen atoms in total. The minimum atomic E-state index is -1.31. The third kappa shape index (κ3) is 7.78. The van der Waals surface area contributed by atoms with Crippen molar-refractivity contribution in [3.05, 3.63) is 16.1 Å². The quantitative estimate of drug-likeness (QED) is 0.170. The van der Waals surface area contributed by atoms with Crippen molar-refractivity contribution in [2.24, 2.45) is 5.73 Å². The number of rotatable bonds is 11. The third-order valence-corrected chi connectivity index (χ3v) is 5.56. The first-order valence-electron chi connectivity index (χ1n) is 8.24. The van der Waals surface area contributed by atoms with Crippen molar-refractivity contribution < 1.29 is 39.6 Å². The largest absolute Gasteiger partial charge is 0.507 e. The van der Waals surface area contributed by atoms with Crippen LogP contribution in [0, 0.1) is 0 Å². The summed E-state index contributed by atoms with van der Waals surface area (Å²) in [4.78, 5) is 45.7. The summed E-state index contributed by atoms with van der Waals surface area (Å²) < 4.78 is 0. The first-order valence-corrected chi connectivity index (χ1v) is 9.98. The molecule has 2 atom stereocenters. The van der Waals surface area contributed by atoms with Gasteiger partial charge in [-0.3, -0.25) is 19.2 Å². The summed E-state index contributed by atoms with van der Waals surface area (Å²) in [6, 6.07) is -1.50. The lowest BCUT2D eigenvalue weighted by Gasteiger charge is -2.19. The Kier molecular flexibility index (Phi) is 9.99. The average molecular weight is 484 g/mol. The predicted octanol–water partition coefficient (Wildman–Crippen LogP) is 0.374. The van der Waals surface area contributed by atoms with Crippen LogP contribution in [0.3, 0.4) is 0 Å². The molecule has 0 aliphatic heterocycles. The van der Waals surface area contributed by atoms with E-state index in [1.165, 1.54) is 0 Å². The smallest absolute Gasteiger partial charge is 0.322 e. The molecule has 0 unspecified atom stereocenters. The van der Waals surface area contributed by atoms with Gasteiger partial charge in [0.05, 0.1) is 9.92 Å². The Labute approximate surface area is 184 Å². The van der Waals surface area contributed by atoms with Crippen LogP contribution < -0.4 is 16.4 Å². The van der Waals surface area contributed by atoms with Crippen LogP contribution in [0.4, 0.5) is 0 Å². The molecule has 2 amide bonds. The Balaban J connectivity index is 2.90. The number of hydrogen-bond acceptors (Lipinski definition) is 8. The van der Waals surface area contributed by atoms with E-state index >= 15 is 0 Å². The van der Waals surface area contributed by atoms with Crippen molar-refractivity contribution in [3.63, 3.8) is 0 Å². The molecular weight excluding hydrogens is 465 g/mol. The summed E-state index contributed by atoms with van der Waals surface area (Å²) in [6.07, 6.45) is -0.482. The number of aliphatic carboxylic acids is 2. The first-order chi connectivity index (χ1) is 13.9. The van der Waals surface area contributed by atoms with E-state index in [1.54, 1.807) is 0 Å². The van der Waals surface area contributed by atoms with Gasteiger partial charge >= 0.3 is 11.9 Å². The fourth-order valence-corrected chi connectivity index (χ4v) is 3.63. The number of phenols is 2. The van der Waals surface area contributed by atoms with Crippen molar-refractivity contribution in [2.75, 3.05) is 12.3 Å². The molecule has 0 saturated carbocycles. The molecule has 1 aromatic carbocycles. The van der Waals surface area contributed by atoms with Gasteiger partial charge in [-0.25, -0.2) is 0 Å². The van der Waals surface area contributed by atoms with Crippen LogP contribution in [0.15, 0.2) is 11.0 Å². The van der Waals surface area contributed by atoms with Crippen LogP contribution in [0.25, 0.3) is 0 Å². The molecule has 0 aliphatic rings. The molecule has 1 aromatic rings. The zero-order valence-corrected chi connectivity index (χ0v) is 17.6. The fourth-order valence-electron chi connectivity index (χ4n) is 2.03. The second kappa shape index (κ2) is 11.7. The number of hydrogen-bond donors (Lipinski definition) is 7. The molecular formula is C16H19Cl2N3O8S. The normalized spacial score (nSPS) is 12.6. The monoisotopic (exact) mass is 483 g/mol. The van der Waals surface area contributed by atoms with E-state index in [0.717, 1.165) is 17.8 Å². The number of aromatic hydroxyl groups is 2. The van der Waals surface area contributed by atoms with E-state index in [4.69, 9.17) is 39.1 Å². The lowest BCUT2D eigenvalue weighted by atomic mass is 10.1. The van der Waals surface area contributed by atoms with Gasteiger partial charge in [-0.2, -0.15) is 0 Å². The highest BCUT2D eigenvalue weighted by Gasteiger charge is 2.24. The van der Waals surface area contributed by atoms with Crippen LogP contribution >= 0.6 is 35.0 Å². The molecule has 1 rings (SSSR count). The van der Waals surface area contributed by atoms with Crippen LogP contribution in [-0.4, -0.2) is 68.6 Å². The number of thioether (sulfide) groups is 1. The van der Waals surface area contributed by atoms with Crippen molar-refractivity contribution in [3.8, 4) is 11.5 Å². The fraction of sp³-hybridized carbons (Fsp3) is 0.375. The number of carbonyl (C=O) groups excluding carboxylic acids is 2. The Morgan fingerprint density at radius 2 is 1.80 bits per heavy atom. The summed E-state index contributed by atoms with van der Waals surface area (Å²) in [6.45, 7) is -0.701. The van der Waals surface area contributed by atoms with Crippen molar-refractivity contribution in [2.45, 2.75) is 29.8 Å². The summed E-state index contributed by atoms with van der Waals surface area (Å²) in [5.74, 6) is -5.21. The molecule has 30 heavy (non-hydrogen) atoms. The topological polar surface area (TPSA) is 199 Å². The van der Waals surface area contributed by atoms with Gasteiger partial charge in [0.25, 0.3) is 0 Å². The van der Waals surface area contributed by atoms with Gasteiger partial charge in [-0.1, -0.05) is 23.2 Å². The molecule has 14 heteroatoms. The minimum Gasteiger partial charge on any atom is -0.507 e. The summed E-state index contributed by atoms with van der Waals surface area (Å²) in [5, 5.41) is 41.2. The number of nitrogens with one attached hydrogen (secondary N) is 2. The number of amides is 2. The van der Waals surface area contributed by atoms with Crippen molar-refractivity contribution >= 4 is 58.7 Å². The second-order valence-corrected chi connectivity index (χ2v) is 7.71. The summed E-state index contributed by atoms with van der Waals surface area (Å²) >= 11 is 12.4. The maximum atomic E-state index is 12.3. The third-order valence-electron chi connectivity index (χ3n) is 3.59. The van der Waals surface area contributed by atoms with Crippen LogP contribution in [0.1, 0.15) is 12.8 Å². The molecule has 0 fully saturated rings. The Bertz CT molecular complexity index is 839. The molecule has 0 heterocycles. The number of carbonyl (C=O) groups is 4. The Hall–Kier alpha value is -2.41. The maximum absolute atomic E-state index is 12.3. The van der Waals surface area contributed by atoms with Crippen molar-refractivity contribution in [1.82, 2.24) is 10.6 Å². The Morgan fingerprint density at radius 1 is 1.17 bits per heavy atom. The highest BCUT2D eigenvalue weighted by atomic mass is 35.5. The Morgan fingerprint density at radius 3 is 2.37 bits per heavy atom. The number of halogens is 2. The molecule has 0 aromatic heterocycles. The van der Waals surface area contributed by atoms with Crippen LogP contribution in [-0.2, 0) is 19.2 Å². The van der Waals surface area contributed by atoms with Gasteiger partial charge < -0.3 is 36.8 Å². The number of carboxylic acids is 2. The van der Waals surface area contributed by atoms with Gasteiger partial charge in [0.2, 0.25) is 11.8 Å². The lowest BCUT2D eigenvalue weighted by molar-refractivity contribution is -0.139. The maximum Gasteiger partial charge on any atom is 0.322 e. The molecule has 0 aliphatic carbocycles.